The highest BCUT2D eigenvalue weighted by Crippen LogP contribution is 2.36. The van der Waals surface area contributed by atoms with Crippen molar-refractivity contribution in [3.63, 3.8) is 0 Å². The Morgan fingerprint density at radius 2 is 2.40 bits per heavy atom. The third kappa shape index (κ3) is 2.72. The summed E-state index contributed by atoms with van der Waals surface area (Å²) in [4.78, 5) is 7.85. The first-order valence-corrected chi connectivity index (χ1v) is 5.56. The van der Waals surface area contributed by atoms with Crippen molar-refractivity contribution < 1.29 is 0 Å². The Hall–Kier alpha value is -1.03. The van der Waals surface area contributed by atoms with Gasteiger partial charge in [-0.05, 0) is 36.3 Å². The molecule has 0 spiro atoms. The second-order valence-corrected chi connectivity index (χ2v) is 4.48. The van der Waals surface area contributed by atoms with Gasteiger partial charge >= 0.3 is 0 Å². The van der Waals surface area contributed by atoms with Crippen molar-refractivity contribution in [2.45, 2.75) is 19.8 Å². The van der Waals surface area contributed by atoms with Crippen LogP contribution >= 0.6 is 11.6 Å². The number of nitrogen functional groups attached to an aromatic ring is 1. The number of nitrogens with one attached hydrogen (secondary N) is 1. The summed E-state index contributed by atoms with van der Waals surface area (Å²) in [5, 5.41) is 3.44. The minimum absolute atomic E-state index is 0.228. The van der Waals surface area contributed by atoms with Crippen LogP contribution in [0.4, 0.5) is 11.5 Å². The number of nitrogens with two attached hydrogens (primary N) is 1. The number of nitrogens with zero attached hydrogens (tertiary/aromatic N) is 2. The van der Waals surface area contributed by atoms with E-state index in [1.807, 2.05) is 0 Å². The molecule has 3 N–H and O–H groups in total. The van der Waals surface area contributed by atoms with Gasteiger partial charge in [0.2, 0.25) is 5.28 Å². The molecule has 5 heteroatoms. The van der Waals surface area contributed by atoms with E-state index in [4.69, 9.17) is 17.3 Å². The number of hydrogen-bond donors (Lipinski definition) is 2. The van der Waals surface area contributed by atoms with Gasteiger partial charge < -0.3 is 11.1 Å². The van der Waals surface area contributed by atoms with Gasteiger partial charge in [0.25, 0.3) is 0 Å². The molecule has 0 radical (unpaired) electrons. The zero-order valence-electron chi connectivity index (χ0n) is 8.70. The average molecular weight is 227 g/mol. The zero-order valence-corrected chi connectivity index (χ0v) is 9.46. The molecule has 1 aromatic rings. The van der Waals surface area contributed by atoms with E-state index in [0.717, 1.165) is 12.5 Å². The normalized spacial score (nSPS) is 17.5. The van der Waals surface area contributed by atoms with Crippen LogP contribution in [-0.4, -0.2) is 16.5 Å². The molecule has 0 bridgehead atoms. The quantitative estimate of drug-likeness (QED) is 0.773. The van der Waals surface area contributed by atoms with Crippen LogP contribution in [0.1, 0.15) is 19.8 Å². The van der Waals surface area contributed by atoms with Crippen LogP contribution in [0, 0.1) is 11.8 Å². The Balaban J connectivity index is 1.94. The highest BCUT2D eigenvalue weighted by atomic mass is 35.5. The lowest BCUT2D eigenvalue weighted by molar-refractivity contribution is 0.536. The smallest absolute Gasteiger partial charge is 0.224 e. The van der Waals surface area contributed by atoms with E-state index in [-0.39, 0.29) is 5.28 Å². The number of aromatic nitrogens is 2. The van der Waals surface area contributed by atoms with Crippen LogP contribution in [0.5, 0.6) is 0 Å². The minimum atomic E-state index is 0.228. The molecule has 1 aliphatic carbocycles. The largest absolute Gasteiger partial charge is 0.394 e. The molecule has 1 saturated carbocycles. The summed E-state index contributed by atoms with van der Waals surface area (Å²) in [7, 11) is 0. The topological polar surface area (TPSA) is 63.8 Å². The van der Waals surface area contributed by atoms with Gasteiger partial charge in [0, 0.05) is 6.54 Å². The fraction of sp³-hybridized carbons (Fsp3) is 0.600. The van der Waals surface area contributed by atoms with Crippen LogP contribution in [0.2, 0.25) is 5.28 Å². The molecule has 2 rings (SSSR count). The van der Waals surface area contributed by atoms with Gasteiger partial charge in [0.1, 0.15) is 0 Å². The Morgan fingerprint density at radius 3 is 3.07 bits per heavy atom. The summed E-state index contributed by atoms with van der Waals surface area (Å²) in [6.07, 6.45) is 4.23. The first-order chi connectivity index (χ1) is 7.16. The second kappa shape index (κ2) is 4.23. The Labute approximate surface area is 94.2 Å². The molecule has 0 aromatic carbocycles. The lowest BCUT2D eigenvalue weighted by atomic mass is 10.1. The molecule has 1 aliphatic rings. The fourth-order valence-electron chi connectivity index (χ4n) is 1.60. The van der Waals surface area contributed by atoms with Crippen molar-refractivity contribution in [1.82, 2.24) is 9.97 Å². The summed E-state index contributed by atoms with van der Waals surface area (Å²) in [5.74, 6) is 2.18. The van der Waals surface area contributed by atoms with E-state index in [1.165, 1.54) is 19.0 Å². The molecule has 4 nitrogen and oxygen atoms in total. The molecule has 0 amide bonds. The second-order valence-electron chi connectivity index (χ2n) is 4.14. The first-order valence-electron chi connectivity index (χ1n) is 5.18. The molecule has 0 aliphatic heterocycles. The molecule has 1 fully saturated rings. The SMILES string of the molecule is CC(CNc1nc(Cl)ncc1N)C1CC1. The molecule has 0 saturated heterocycles. The number of halogens is 1. The lowest BCUT2D eigenvalue weighted by Crippen LogP contribution is -2.15. The van der Waals surface area contributed by atoms with Crippen molar-refractivity contribution in [2.24, 2.45) is 11.8 Å². The van der Waals surface area contributed by atoms with Crippen molar-refractivity contribution in [2.75, 3.05) is 17.6 Å². The van der Waals surface area contributed by atoms with E-state index in [0.29, 0.717) is 17.4 Å². The van der Waals surface area contributed by atoms with Gasteiger partial charge in [-0.1, -0.05) is 6.92 Å². The van der Waals surface area contributed by atoms with Crippen LogP contribution in [-0.2, 0) is 0 Å². The average Bonchev–Trinajstić information content (AvgIpc) is 3.02. The van der Waals surface area contributed by atoms with Gasteiger partial charge in [-0.3, -0.25) is 0 Å². The Morgan fingerprint density at radius 1 is 1.67 bits per heavy atom. The van der Waals surface area contributed by atoms with E-state index in [2.05, 4.69) is 22.2 Å². The minimum Gasteiger partial charge on any atom is -0.394 e. The predicted molar refractivity (Wildman–Crippen MR) is 61.8 cm³/mol. The number of rotatable bonds is 4. The molecule has 1 atom stereocenters. The van der Waals surface area contributed by atoms with Crippen LogP contribution < -0.4 is 11.1 Å². The summed E-state index contributed by atoms with van der Waals surface area (Å²) < 4.78 is 0. The zero-order chi connectivity index (χ0) is 10.8. The van der Waals surface area contributed by atoms with Gasteiger partial charge in [-0.15, -0.1) is 0 Å². The highest BCUT2D eigenvalue weighted by Gasteiger charge is 2.27. The lowest BCUT2D eigenvalue weighted by Gasteiger charge is -2.12. The monoisotopic (exact) mass is 226 g/mol. The Bertz CT molecular complexity index is 351. The van der Waals surface area contributed by atoms with Gasteiger partial charge in [-0.25, -0.2) is 4.98 Å². The molecule has 1 aromatic heterocycles. The van der Waals surface area contributed by atoms with Crippen LogP contribution in [0.15, 0.2) is 6.20 Å². The van der Waals surface area contributed by atoms with E-state index < -0.39 is 0 Å². The van der Waals surface area contributed by atoms with E-state index in [9.17, 15) is 0 Å². The van der Waals surface area contributed by atoms with Gasteiger partial charge in [-0.2, -0.15) is 4.98 Å². The maximum Gasteiger partial charge on any atom is 0.224 e. The van der Waals surface area contributed by atoms with E-state index >= 15 is 0 Å². The Kier molecular flexibility index (Phi) is 2.95. The van der Waals surface area contributed by atoms with Crippen LogP contribution in [0.3, 0.4) is 0 Å². The van der Waals surface area contributed by atoms with Gasteiger partial charge in [0.15, 0.2) is 5.82 Å². The van der Waals surface area contributed by atoms with Gasteiger partial charge in [0.05, 0.1) is 11.9 Å². The molecular weight excluding hydrogens is 212 g/mol. The summed E-state index contributed by atoms with van der Waals surface area (Å²) in [5.41, 5.74) is 6.27. The van der Waals surface area contributed by atoms with Crippen molar-refractivity contribution >= 4 is 23.1 Å². The number of anilines is 2. The molecule has 15 heavy (non-hydrogen) atoms. The van der Waals surface area contributed by atoms with Crippen molar-refractivity contribution in [3.8, 4) is 0 Å². The van der Waals surface area contributed by atoms with Crippen molar-refractivity contribution in [1.29, 1.82) is 0 Å². The third-order valence-corrected chi connectivity index (χ3v) is 2.99. The maximum absolute atomic E-state index is 5.72. The van der Waals surface area contributed by atoms with Crippen molar-refractivity contribution in [3.05, 3.63) is 11.5 Å². The molecular formula is C10H15ClN4. The fourth-order valence-corrected chi connectivity index (χ4v) is 1.73. The highest BCUT2D eigenvalue weighted by molar-refractivity contribution is 6.28. The molecule has 1 heterocycles. The van der Waals surface area contributed by atoms with Crippen LogP contribution in [0.25, 0.3) is 0 Å². The summed E-state index contributed by atoms with van der Waals surface area (Å²) >= 11 is 5.69. The molecule has 82 valence electrons. The third-order valence-electron chi connectivity index (χ3n) is 2.81. The summed E-state index contributed by atoms with van der Waals surface area (Å²) in [6, 6.07) is 0. The number of hydrogen-bond acceptors (Lipinski definition) is 4. The van der Waals surface area contributed by atoms with E-state index in [1.54, 1.807) is 0 Å². The molecule has 1 unspecified atom stereocenters. The summed E-state index contributed by atoms with van der Waals surface area (Å²) in [6.45, 7) is 3.13. The standard InChI is InChI=1S/C10H15ClN4/c1-6(7-2-3-7)4-13-9-8(12)5-14-10(11)15-9/h5-7H,2-4,12H2,1H3,(H,13,14,15). The maximum atomic E-state index is 5.72. The first kappa shape index (κ1) is 10.5. The predicted octanol–water partition coefficient (Wildman–Crippen LogP) is 2.17.